The third-order valence-corrected chi connectivity index (χ3v) is 6.81. The van der Waals surface area contributed by atoms with E-state index in [4.69, 9.17) is 20.9 Å². The Morgan fingerprint density at radius 1 is 1.30 bits per heavy atom. The van der Waals surface area contributed by atoms with Gasteiger partial charge in [0.05, 0.1) is 17.7 Å². The first-order chi connectivity index (χ1) is 15.9. The van der Waals surface area contributed by atoms with Crippen molar-refractivity contribution in [3.63, 3.8) is 0 Å². The molecule has 1 aromatic heterocycles. The number of hydrogen-bond donors (Lipinski definition) is 1. The van der Waals surface area contributed by atoms with Gasteiger partial charge in [-0.05, 0) is 56.0 Å². The van der Waals surface area contributed by atoms with E-state index in [0.717, 1.165) is 24.0 Å². The zero-order valence-electron chi connectivity index (χ0n) is 18.7. The second kappa shape index (κ2) is 8.47. The lowest BCUT2D eigenvalue weighted by Gasteiger charge is -2.24. The van der Waals surface area contributed by atoms with Crippen molar-refractivity contribution in [3.05, 3.63) is 52.5 Å². The summed E-state index contributed by atoms with van der Waals surface area (Å²) in [6, 6.07) is 11.5. The molecule has 2 aliphatic rings. The van der Waals surface area contributed by atoms with E-state index in [2.05, 4.69) is 16.2 Å². The lowest BCUT2D eigenvalue weighted by atomic mass is 9.80. The summed E-state index contributed by atoms with van der Waals surface area (Å²) in [5, 5.41) is 14.0. The fraction of sp³-hybridized carbons (Fsp3) is 0.400. The van der Waals surface area contributed by atoms with Crippen LogP contribution in [0.2, 0.25) is 5.02 Å². The minimum absolute atomic E-state index is 0.0189. The maximum Gasteiger partial charge on any atom is 0.258 e. The maximum atomic E-state index is 12.5. The first kappa shape index (κ1) is 21.9. The number of hydrogen-bond acceptors (Lipinski definition) is 6. The van der Waals surface area contributed by atoms with E-state index >= 15 is 0 Å². The van der Waals surface area contributed by atoms with Crippen LogP contribution in [0.3, 0.4) is 0 Å². The highest BCUT2D eigenvalue weighted by atomic mass is 35.5. The molecule has 1 N–H and O–H groups in total. The molecule has 0 unspecified atom stereocenters. The number of β-amino-alcohol motifs (C(OH)–C–C–N with tert-alkyl or cyclic N) is 1. The number of aliphatic hydroxyl groups excluding tert-OH is 1. The number of likely N-dealkylation sites (tertiary alicyclic amines) is 1. The van der Waals surface area contributed by atoms with Gasteiger partial charge in [0.15, 0.2) is 0 Å². The predicted molar refractivity (Wildman–Crippen MR) is 124 cm³/mol. The SMILES string of the molecule is CC(C)Oc1ccc(-c2nc(-c3cccc4c3CC[C@]43CC(=O)N(CCO)C3)no2)cc1Cl. The number of nitrogens with zero attached hydrogens (tertiary/aromatic N) is 3. The minimum Gasteiger partial charge on any atom is -0.489 e. The molecule has 3 aromatic rings. The standard InChI is InChI=1S/C25H26ClN3O4/c1-15(2)32-21-7-6-16(12-20(21)26)24-27-23(28-33-24)18-4-3-5-19-17(18)8-9-25(19)13-22(31)29(14-25)10-11-30/h3-7,12,15,30H,8-11,13-14H2,1-2H3/t25-/m1/s1. The van der Waals surface area contributed by atoms with Gasteiger partial charge >= 0.3 is 0 Å². The number of halogens is 1. The topological polar surface area (TPSA) is 88.7 Å². The normalized spacial score (nSPS) is 19.7. The van der Waals surface area contributed by atoms with Crippen molar-refractivity contribution in [2.24, 2.45) is 0 Å². The van der Waals surface area contributed by atoms with Crippen molar-refractivity contribution >= 4 is 17.5 Å². The average Bonchev–Trinajstić information content (AvgIpc) is 3.48. The number of fused-ring (bicyclic) bond motifs is 2. The third-order valence-electron chi connectivity index (χ3n) is 6.52. The van der Waals surface area contributed by atoms with Crippen molar-refractivity contribution in [1.82, 2.24) is 15.0 Å². The fourth-order valence-electron chi connectivity index (χ4n) is 5.08. The molecule has 1 fully saturated rings. The number of aromatic nitrogens is 2. The molecule has 8 heteroatoms. The van der Waals surface area contributed by atoms with Gasteiger partial charge in [-0.2, -0.15) is 4.98 Å². The summed E-state index contributed by atoms with van der Waals surface area (Å²) in [5.74, 6) is 1.63. The second-order valence-electron chi connectivity index (χ2n) is 9.06. The lowest BCUT2D eigenvalue weighted by Crippen LogP contribution is -2.32. The summed E-state index contributed by atoms with van der Waals surface area (Å²) in [5.41, 5.74) is 3.79. The van der Waals surface area contributed by atoms with E-state index in [9.17, 15) is 9.90 Å². The molecule has 0 bridgehead atoms. The Kier molecular flexibility index (Phi) is 5.62. The fourth-order valence-corrected chi connectivity index (χ4v) is 5.30. The molecule has 0 radical (unpaired) electrons. The summed E-state index contributed by atoms with van der Waals surface area (Å²) in [4.78, 5) is 18.9. The zero-order chi connectivity index (χ0) is 23.2. The smallest absolute Gasteiger partial charge is 0.258 e. The second-order valence-corrected chi connectivity index (χ2v) is 9.47. The highest BCUT2D eigenvalue weighted by Crippen LogP contribution is 2.48. The minimum atomic E-state index is -0.204. The van der Waals surface area contributed by atoms with Crippen LogP contribution in [0, 0.1) is 0 Å². The van der Waals surface area contributed by atoms with Gasteiger partial charge in [0.1, 0.15) is 5.75 Å². The predicted octanol–water partition coefficient (Wildman–Crippen LogP) is 4.25. The number of carbonyl (C=O) groups excluding carboxylic acids is 1. The molecule has 1 spiro atoms. The summed E-state index contributed by atoms with van der Waals surface area (Å²) >= 11 is 6.38. The molecule has 2 heterocycles. The van der Waals surface area contributed by atoms with E-state index in [1.165, 1.54) is 11.1 Å². The number of ether oxygens (including phenoxy) is 1. The van der Waals surface area contributed by atoms with Crippen molar-refractivity contribution < 1.29 is 19.2 Å². The molecule has 33 heavy (non-hydrogen) atoms. The lowest BCUT2D eigenvalue weighted by molar-refractivity contribution is -0.128. The molecule has 172 valence electrons. The highest BCUT2D eigenvalue weighted by molar-refractivity contribution is 6.32. The summed E-state index contributed by atoms with van der Waals surface area (Å²) in [6.45, 7) is 4.90. The first-order valence-corrected chi connectivity index (χ1v) is 11.6. The summed E-state index contributed by atoms with van der Waals surface area (Å²) in [6.07, 6.45) is 2.25. The highest BCUT2D eigenvalue weighted by Gasteiger charge is 2.48. The van der Waals surface area contributed by atoms with Gasteiger partial charge in [-0.3, -0.25) is 4.79 Å². The van der Waals surface area contributed by atoms with Crippen LogP contribution in [-0.4, -0.2) is 51.9 Å². The number of benzene rings is 2. The van der Waals surface area contributed by atoms with Crippen LogP contribution in [0.25, 0.3) is 22.8 Å². The number of rotatable bonds is 6. The van der Waals surface area contributed by atoms with E-state index in [-0.39, 0.29) is 24.0 Å². The Morgan fingerprint density at radius 2 is 2.15 bits per heavy atom. The van der Waals surface area contributed by atoms with Crippen LogP contribution in [0.4, 0.5) is 0 Å². The average molecular weight is 468 g/mol. The molecule has 1 atom stereocenters. The van der Waals surface area contributed by atoms with Crippen LogP contribution < -0.4 is 4.74 Å². The molecule has 1 amide bonds. The van der Waals surface area contributed by atoms with E-state index in [0.29, 0.717) is 42.0 Å². The van der Waals surface area contributed by atoms with Crippen LogP contribution in [-0.2, 0) is 16.6 Å². The van der Waals surface area contributed by atoms with Gasteiger partial charge in [0, 0.05) is 36.1 Å². The van der Waals surface area contributed by atoms with Gasteiger partial charge in [-0.25, -0.2) is 0 Å². The van der Waals surface area contributed by atoms with E-state index < -0.39 is 0 Å². The van der Waals surface area contributed by atoms with Crippen molar-refractivity contribution in [2.75, 3.05) is 19.7 Å². The molecule has 1 aliphatic carbocycles. The Labute approximate surface area is 197 Å². The van der Waals surface area contributed by atoms with Crippen LogP contribution >= 0.6 is 11.6 Å². The molecule has 0 saturated carbocycles. The van der Waals surface area contributed by atoms with Crippen LogP contribution in [0.15, 0.2) is 40.9 Å². The van der Waals surface area contributed by atoms with E-state index in [1.54, 1.807) is 17.0 Å². The molecular formula is C25H26ClN3O4. The Balaban J connectivity index is 1.45. The Bertz CT molecular complexity index is 1210. The molecule has 5 rings (SSSR count). The largest absolute Gasteiger partial charge is 0.489 e. The Morgan fingerprint density at radius 3 is 2.91 bits per heavy atom. The number of carbonyl (C=O) groups is 1. The van der Waals surface area contributed by atoms with Crippen LogP contribution in [0.1, 0.15) is 37.8 Å². The molecule has 2 aromatic carbocycles. The zero-order valence-corrected chi connectivity index (χ0v) is 19.4. The number of amides is 1. The van der Waals surface area contributed by atoms with Gasteiger partial charge in [0.2, 0.25) is 11.7 Å². The van der Waals surface area contributed by atoms with Crippen LogP contribution in [0.5, 0.6) is 5.75 Å². The Hall–Kier alpha value is -2.90. The quantitative estimate of drug-likeness (QED) is 0.583. The molecule has 1 saturated heterocycles. The maximum absolute atomic E-state index is 12.5. The summed E-state index contributed by atoms with van der Waals surface area (Å²) < 4.78 is 11.3. The summed E-state index contributed by atoms with van der Waals surface area (Å²) in [7, 11) is 0. The van der Waals surface area contributed by atoms with Gasteiger partial charge in [0.25, 0.3) is 5.89 Å². The molecular weight excluding hydrogens is 442 g/mol. The monoisotopic (exact) mass is 467 g/mol. The van der Waals surface area contributed by atoms with Gasteiger partial charge in [-0.15, -0.1) is 0 Å². The van der Waals surface area contributed by atoms with Crippen molar-refractivity contribution in [1.29, 1.82) is 0 Å². The van der Waals surface area contributed by atoms with E-state index in [1.807, 2.05) is 32.0 Å². The van der Waals surface area contributed by atoms with Gasteiger partial charge < -0.3 is 19.3 Å². The third kappa shape index (κ3) is 3.89. The molecule has 7 nitrogen and oxygen atoms in total. The van der Waals surface area contributed by atoms with Gasteiger partial charge in [-0.1, -0.05) is 35.0 Å². The first-order valence-electron chi connectivity index (χ1n) is 11.2. The molecule has 1 aliphatic heterocycles. The van der Waals surface area contributed by atoms with Crippen molar-refractivity contribution in [3.8, 4) is 28.6 Å². The van der Waals surface area contributed by atoms with Crippen molar-refractivity contribution in [2.45, 2.75) is 44.6 Å². The number of aliphatic hydroxyl groups is 1.